The highest BCUT2D eigenvalue weighted by atomic mass is 32.1. The Balaban J connectivity index is 1.52. The number of imidazole rings is 1. The molecule has 0 aromatic carbocycles. The Labute approximate surface area is 147 Å². The fourth-order valence-corrected chi connectivity index (χ4v) is 4.61. The number of fused-ring (bicyclic) bond motifs is 4. The molecule has 0 fully saturated rings. The summed E-state index contributed by atoms with van der Waals surface area (Å²) in [5.41, 5.74) is 6.17. The van der Waals surface area contributed by atoms with Crippen molar-refractivity contribution in [2.24, 2.45) is 5.10 Å². The number of thiophene rings is 1. The lowest BCUT2D eigenvalue weighted by atomic mass is 10.2. The Kier molecular flexibility index (Phi) is 3.24. The number of hydrogen-bond donors (Lipinski definition) is 1. The monoisotopic (exact) mass is 349 g/mol. The first-order valence-electron chi connectivity index (χ1n) is 8.14. The van der Waals surface area contributed by atoms with Crippen molar-refractivity contribution in [2.75, 3.05) is 5.43 Å². The van der Waals surface area contributed by atoms with Crippen molar-refractivity contribution in [2.45, 2.75) is 26.2 Å². The predicted molar refractivity (Wildman–Crippen MR) is 98.4 cm³/mol. The first-order chi connectivity index (χ1) is 12.3. The molecule has 4 aromatic rings. The average molecular weight is 349 g/mol. The van der Waals surface area contributed by atoms with Crippen LogP contribution >= 0.6 is 11.3 Å². The Bertz CT molecular complexity index is 1120. The number of rotatable bonds is 3. The highest BCUT2D eigenvalue weighted by Crippen LogP contribution is 2.39. The number of nitrogens with zero attached hydrogens (tertiary/aromatic N) is 6. The summed E-state index contributed by atoms with van der Waals surface area (Å²) in [7, 11) is 0. The van der Waals surface area contributed by atoms with Crippen LogP contribution in [-0.4, -0.2) is 30.6 Å². The molecule has 8 heteroatoms. The molecule has 0 saturated heterocycles. The molecule has 4 aromatic heterocycles. The summed E-state index contributed by atoms with van der Waals surface area (Å²) in [4.78, 5) is 20.0. The molecule has 25 heavy (non-hydrogen) atoms. The van der Waals surface area contributed by atoms with Gasteiger partial charge in [0, 0.05) is 17.3 Å². The van der Waals surface area contributed by atoms with Crippen LogP contribution in [0.1, 0.15) is 28.4 Å². The lowest BCUT2D eigenvalue weighted by molar-refractivity contribution is 0.916. The van der Waals surface area contributed by atoms with Crippen molar-refractivity contribution in [1.82, 2.24) is 24.3 Å². The molecule has 0 atom stereocenters. The normalized spacial score (nSPS) is 14.0. The molecule has 0 radical (unpaired) electrons. The van der Waals surface area contributed by atoms with Crippen molar-refractivity contribution < 1.29 is 0 Å². The van der Waals surface area contributed by atoms with Crippen LogP contribution in [0.15, 0.2) is 29.9 Å². The second-order valence-corrected chi connectivity index (χ2v) is 7.10. The first kappa shape index (κ1) is 14.5. The van der Waals surface area contributed by atoms with E-state index in [0.29, 0.717) is 0 Å². The van der Waals surface area contributed by atoms with E-state index in [2.05, 4.69) is 30.5 Å². The zero-order valence-corrected chi connectivity index (χ0v) is 14.4. The van der Waals surface area contributed by atoms with Gasteiger partial charge in [0.05, 0.1) is 29.7 Å². The Hall–Kier alpha value is -2.87. The summed E-state index contributed by atoms with van der Waals surface area (Å²) in [6.45, 7) is 1.91. The lowest BCUT2D eigenvalue weighted by Crippen LogP contribution is -1.99. The molecular formula is C17H15N7S. The molecule has 124 valence electrons. The van der Waals surface area contributed by atoms with E-state index in [4.69, 9.17) is 0 Å². The number of aryl methyl sites for hydroxylation is 3. The van der Waals surface area contributed by atoms with Crippen molar-refractivity contribution >= 4 is 39.2 Å². The van der Waals surface area contributed by atoms with Crippen molar-refractivity contribution in [3.63, 3.8) is 0 Å². The molecule has 0 unspecified atom stereocenters. The molecule has 0 bridgehead atoms. The zero-order valence-electron chi connectivity index (χ0n) is 13.6. The molecule has 0 amide bonds. The van der Waals surface area contributed by atoms with Gasteiger partial charge in [-0.05, 0) is 31.7 Å². The molecular weight excluding hydrogens is 334 g/mol. The minimum Gasteiger partial charge on any atom is -0.296 e. The van der Waals surface area contributed by atoms with E-state index in [1.165, 1.54) is 16.9 Å². The number of anilines is 1. The quantitative estimate of drug-likeness (QED) is 0.454. The van der Waals surface area contributed by atoms with Crippen molar-refractivity contribution in [3.8, 4) is 0 Å². The van der Waals surface area contributed by atoms with Crippen molar-refractivity contribution in [3.05, 3.63) is 46.7 Å². The number of aromatic nitrogens is 5. The van der Waals surface area contributed by atoms with Gasteiger partial charge in [0.15, 0.2) is 11.5 Å². The van der Waals surface area contributed by atoms with Gasteiger partial charge in [-0.1, -0.05) is 0 Å². The third-order valence-electron chi connectivity index (χ3n) is 4.39. The van der Waals surface area contributed by atoms with Crippen molar-refractivity contribution in [1.29, 1.82) is 0 Å². The number of nitrogens with one attached hydrogen (secondary N) is 1. The second-order valence-electron chi connectivity index (χ2n) is 6.01. The van der Waals surface area contributed by atoms with Gasteiger partial charge in [-0.15, -0.1) is 11.3 Å². The van der Waals surface area contributed by atoms with E-state index in [-0.39, 0.29) is 0 Å². The van der Waals surface area contributed by atoms with E-state index in [1.807, 2.05) is 17.5 Å². The van der Waals surface area contributed by atoms with Gasteiger partial charge in [-0.3, -0.25) is 14.8 Å². The summed E-state index contributed by atoms with van der Waals surface area (Å²) in [5, 5.41) is 5.52. The minimum atomic E-state index is 0.756. The molecule has 1 N–H and O–H groups in total. The molecule has 7 nitrogen and oxygen atoms in total. The fraction of sp³-hybridized carbons (Fsp3) is 0.235. The average Bonchev–Trinajstić information content (AvgIpc) is 3.29. The molecule has 1 aliphatic carbocycles. The van der Waals surface area contributed by atoms with Crippen LogP contribution in [0, 0.1) is 6.92 Å². The van der Waals surface area contributed by atoms with Crippen LogP contribution in [0.3, 0.4) is 0 Å². The van der Waals surface area contributed by atoms with E-state index in [1.54, 1.807) is 36.1 Å². The summed E-state index contributed by atoms with van der Waals surface area (Å²) in [6, 6.07) is 0. The van der Waals surface area contributed by atoms with Crippen LogP contribution in [-0.2, 0) is 12.8 Å². The molecule has 5 rings (SSSR count). The third kappa shape index (κ3) is 2.37. The van der Waals surface area contributed by atoms with Gasteiger partial charge in [-0.25, -0.2) is 15.0 Å². The maximum Gasteiger partial charge on any atom is 0.158 e. The third-order valence-corrected chi connectivity index (χ3v) is 5.58. The molecule has 4 heterocycles. The lowest BCUT2D eigenvalue weighted by Gasteiger charge is -2.04. The van der Waals surface area contributed by atoms with Crippen LogP contribution in [0.5, 0.6) is 0 Å². The maximum atomic E-state index is 4.59. The standard InChI is InChI=1S/C17H15N7S/c1-10-21-16(15-12-3-2-4-13(12)25-17(15)22-10)23-20-8-11-7-19-14-9-18-5-6-24(11)14/h5-9H,2-4H2,1H3,(H,21,22,23)/b20-8+. The van der Waals surface area contributed by atoms with Crippen LogP contribution in [0.4, 0.5) is 5.82 Å². The maximum absolute atomic E-state index is 4.59. The largest absolute Gasteiger partial charge is 0.296 e. The summed E-state index contributed by atoms with van der Waals surface area (Å²) < 4.78 is 1.93. The van der Waals surface area contributed by atoms with Crippen LogP contribution < -0.4 is 5.43 Å². The number of hydrazone groups is 1. The first-order valence-corrected chi connectivity index (χ1v) is 8.96. The van der Waals surface area contributed by atoms with Gasteiger partial charge >= 0.3 is 0 Å². The summed E-state index contributed by atoms with van der Waals surface area (Å²) >= 11 is 1.78. The molecule has 0 aliphatic heterocycles. The van der Waals surface area contributed by atoms with E-state index in [9.17, 15) is 0 Å². The van der Waals surface area contributed by atoms with E-state index >= 15 is 0 Å². The SMILES string of the molecule is Cc1nc(N/N=C/c2cnc3cnccn23)c2c3c(sc2n1)CCC3. The van der Waals surface area contributed by atoms with Gasteiger partial charge in [0.25, 0.3) is 0 Å². The van der Waals surface area contributed by atoms with Crippen LogP contribution in [0.25, 0.3) is 15.9 Å². The van der Waals surface area contributed by atoms with Gasteiger partial charge in [-0.2, -0.15) is 5.10 Å². The highest BCUT2D eigenvalue weighted by molar-refractivity contribution is 7.19. The number of hydrogen-bond acceptors (Lipinski definition) is 7. The van der Waals surface area contributed by atoms with Gasteiger partial charge in [0.2, 0.25) is 0 Å². The van der Waals surface area contributed by atoms with Gasteiger partial charge < -0.3 is 0 Å². The smallest absolute Gasteiger partial charge is 0.158 e. The predicted octanol–water partition coefficient (Wildman–Crippen LogP) is 2.98. The summed E-state index contributed by atoms with van der Waals surface area (Å²) in [6.07, 6.45) is 12.3. The Morgan fingerprint density at radius 3 is 3.20 bits per heavy atom. The Morgan fingerprint density at radius 2 is 2.24 bits per heavy atom. The Morgan fingerprint density at radius 1 is 1.28 bits per heavy atom. The zero-order chi connectivity index (χ0) is 16.8. The van der Waals surface area contributed by atoms with E-state index < -0.39 is 0 Å². The second kappa shape index (κ2) is 5.59. The molecule has 0 saturated carbocycles. The van der Waals surface area contributed by atoms with Crippen LogP contribution in [0.2, 0.25) is 0 Å². The molecule has 1 aliphatic rings. The highest BCUT2D eigenvalue weighted by Gasteiger charge is 2.21. The fourth-order valence-electron chi connectivity index (χ4n) is 3.30. The van der Waals surface area contributed by atoms with Gasteiger partial charge in [0.1, 0.15) is 10.7 Å². The summed E-state index contributed by atoms with van der Waals surface area (Å²) in [5.74, 6) is 1.54. The topological polar surface area (TPSA) is 80.4 Å². The van der Waals surface area contributed by atoms with E-state index in [0.717, 1.165) is 46.0 Å². The minimum absolute atomic E-state index is 0.756. The molecule has 0 spiro atoms.